The summed E-state index contributed by atoms with van der Waals surface area (Å²) in [4.78, 5) is 0. The van der Waals surface area contributed by atoms with E-state index in [-0.39, 0.29) is 6.10 Å². The van der Waals surface area contributed by atoms with Crippen LogP contribution in [0.5, 0.6) is 5.75 Å². The van der Waals surface area contributed by atoms with Crippen molar-refractivity contribution in [2.75, 3.05) is 19.8 Å². The Morgan fingerprint density at radius 1 is 1.47 bits per heavy atom. The van der Waals surface area contributed by atoms with Gasteiger partial charge in [-0.2, -0.15) is 0 Å². The molecule has 1 aromatic carbocycles. The van der Waals surface area contributed by atoms with Gasteiger partial charge >= 0.3 is 0 Å². The van der Waals surface area contributed by atoms with Crippen LogP contribution in [0, 0.1) is 6.92 Å². The molecule has 0 saturated carbocycles. The smallest absolute Gasteiger partial charge is 0.126 e. The molecule has 0 amide bonds. The van der Waals surface area contributed by atoms with Crippen LogP contribution in [0.25, 0.3) is 0 Å². The van der Waals surface area contributed by atoms with Crippen LogP contribution in [0.4, 0.5) is 0 Å². The Hall–Kier alpha value is -1.06. The van der Waals surface area contributed by atoms with Crippen molar-refractivity contribution in [3.8, 4) is 5.75 Å². The van der Waals surface area contributed by atoms with Crippen molar-refractivity contribution in [2.45, 2.75) is 45.8 Å². The van der Waals surface area contributed by atoms with Gasteiger partial charge in [-0.3, -0.25) is 0 Å². The van der Waals surface area contributed by atoms with Crippen molar-refractivity contribution in [2.24, 2.45) is 0 Å². The molecule has 0 fully saturated rings. The molecular weight excluding hydrogens is 238 g/mol. The third-order valence-corrected chi connectivity index (χ3v) is 3.60. The molecule has 2 atom stereocenters. The van der Waals surface area contributed by atoms with E-state index in [1.54, 1.807) is 0 Å². The molecule has 2 rings (SSSR count). The first-order chi connectivity index (χ1) is 9.22. The fourth-order valence-corrected chi connectivity index (χ4v) is 2.63. The lowest BCUT2D eigenvalue weighted by atomic mass is 9.99. The minimum atomic E-state index is 0.252. The van der Waals surface area contributed by atoms with Gasteiger partial charge in [0.25, 0.3) is 0 Å². The highest BCUT2D eigenvalue weighted by atomic mass is 16.5. The molecule has 0 aromatic heterocycles. The Balaban J connectivity index is 2.07. The molecule has 1 aliphatic heterocycles. The predicted octanol–water partition coefficient (Wildman–Crippen LogP) is 3.22. The highest BCUT2D eigenvalue weighted by Crippen LogP contribution is 2.33. The van der Waals surface area contributed by atoms with E-state index in [0.717, 1.165) is 38.3 Å². The van der Waals surface area contributed by atoms with Gasteiger partial charge in [-0.25, -0.2) is 0 Å². The zero-order valence-corrected chi connectivity index (χ0v) is 12.2. The van der Waals surface area contributed by atoms with Crippen LogP contribution in [-0.4, -0.2) is 25.9 Å². The van der Waals surface area contributed by atoms with Crippen LogP contribution in [0.3, 0.4) is 0 Å². The topological polar surface area (TPSA) is 30.5 Å². The summed E-state index contributed by atoms with van der Waals surface area (Å²) in [5.41, 5.74) is 2.52. The lowest BCUT2D eigenvalue weighted by Crippen LogP contribution is -2.30. The van der Waals surface area contributed by atoms with Gasteiger partial charge in [-0.15, -0.1) is 0 Å². The molecule has 0 saturated heterocycles. The molecule has 0 bridgehead atoms. The van der Waals surface area contributed by atoms with Crippen LogP contribution in [0.2, 0.25) is 0 Å². The fraction of sp³-hybridized carbons (Fsp3) is 0.625. The van der Waals surface area contributed by atoms with Crippen LogP contribution < -0.4 is 10.1 Å². The standard InChI is InChI=1S/C16H25NO2/c1-4-18-13(3)11-17-15-9-6-10-19-16-12(2)7-5-8-14(15)16/h5,7-8,13,15,17H,4,6,9-11H2,1-3H3. The summed E-state index contributed by atoms with van der Waals surface area (Å²) in [6, 6.07) is 6.78. The number of aryl methyl sites for hydroxylation is 1. The summed E-state index contributed by atoms with van der Waals surface area (Å²) >= 11 is 0. The summed E-state index contributed by atoms with van der Waals surface area (Å²) in [6.45, 7) is 8.73. The van der Waals surface area contributed by atoms with Crippen molar-refractivity contribution in [3.05, 3.63) is 29.3 Å². The Labute approximate surface area is 116 Å². The number of hydrogen-bond acceptors (Lipinski definition) is 3. The number of para-hydroxylation sites is 1. The van der Waals surface area contributed by atoms with Gasteiger partial charge in [0.1, 0.15) is 5.75 Å². The lowest BCUT2D eigenvalue weighted by Gasteiger charge is -2.21. The maximum Gasteiger partial charge on any atom is 0.126 e. The summed E-state index contributed by atoms with van der Waals surface area (Å²) < 4.78 is 11.5. The van der Waals surface area contributed by atoms with E-state index in [4.69, 9.17) is 9.47 Å². The van der Waals surface area contributed by atoms with Crippen molar-refractivity contribution < 1.29 is 9.47 Å². The Bertz CT molecular complexity index is 406. The molecule has 3 nitrogen and oxygen atoms in total. The van der Waals surface area contributed by atoms with E-state index in [2.05, 4.69) is 37.4 Å². The Kier molecular flexibility index (Phi) is 5.23. The van der Waals surface area contributed by atoms with E-state index in [1.165, 1.54) is 11.1 Å². The van der Waals surface area contributed by atoms with E-state index in [0.29, 0.717) is 6.04 Å². The largest absolute Gasteiger partial charge is 0.493 e. The van der Waals surface area contributed by atoms with Gasteiger partial charge in [-0.1, -0.05) is 18.2 Å². The molecule has 1 aliphatic rings. The second kappa shape index (κ2) is 6.92. The number of benzene rings is 1. The first-order valence-corrected chi connectivity index (χ1v) is 7.29. The minimum Gasteiger partial charge on any atom is -0.493 e. The second-order valence-electron chi connectivity index (χ2n) is 5.21. The van der Waals surface area contributed by atoms with E-state index in [9.17, 15) is 0 Å². The number of ether oxygens (including phenoxy) is 2. The summed E-state index contributed by atoms with van der Waals surface area (Å²) in [6.07, 6.45) is 2.46. The van der Waals surface area contributed by atoms with Crippen LogP contribution in [0.1, 0.15) is 43.9 Å². The summed E-state index contributed by atoms with van der Waals surface area (Å²) in [5, 5.41) is 3.62. The zero-order valence-electron chi connectivity index (χ0n) is 12.2. The third kappa shape index (κ3) is 3.71. The fourth-order valence-electron chi connectivity index (χ4n) is 2.63. The van der Waals surface area contributed by atoms with Gasteiger partial charge in [0, 0.05) is 24.8 Å². The molecule has 19 heavy (non-hydrogen) atoms. The van der Waals surface area contributed by atoms with Crippen molar-refractivity contribution in [1.29, 1.82) is 0 Å². The summed E-state index contributed by atoms with van der Waals surface area (Å²) in [5.74, 6) is 1.07. The first kappa shape index (κ1) is 14.4. The molecule has 0 spiro atoms. The quantitative estimate of drug-likeness (QED) is 0.884. The monoisotopic (exact) mass is 263 g/mol. The lowest BCUT2D eigenvalue weighted by molar-refractivity contribution is 0.0737. The molecule has 2 unspecified atom stereocenters. The highest BCUT2D eigenvalue weighted by Gasteiger charge is 2.20. The van der Waals surface area contributed by atoms with Gasteiger partial charge in [0.05, 0.1) is 12.7 Å². The SMILES string of the molecule is CCOC(C)CNC1CCCOc2c(C)cccc21. The van der Waals surface area contributed by atoms with E-state index >= 15 is 0 Å². The average molecular weight is 263 g/mol. The predicted molar refractivity (Wildman–Crippen MR) is 77.7 cm³/mol. The number of fused-ring (bicyclic) bond motifs is 1. The molecule has 1 N–H and O–H groups in total. The Morgan fingerprint density at radius 3 is 3.11 bits per heavy atom. The van der Waals surface area contributed by atoms with Crippen molar-refractivity contribution in [1.82, 2.24) is 5.32 Å². The number of hydrogen-bond donors (Lipinski definition) is 1. The van der Waals surface area contributed by atoms with Crippen LogP contribution in [-0.2, 0) is 4.74 Å². The van der Waals surface area contributed by atoms with Gasteiger partial charge in [0.15, 0.2) is 0 Å². The van der Waals surface area contributed by atoms with Crippen LogP contribution in [0.15, 0.2) is 18.2 Å². The van der Waals surface area contributed by atoms with E-state index in [1.807, 2.05) is 6.92 Å². The molecule has 1 aromatic rings. The highest BCUT2D eigenvalue weighted by molar-refractivity contribution is 5.43. The number of nitrogens with one attached hydrogen (secondary N) is 1. The molecule has 1 heterocycles. The molecule has 0 aliphatic carbocycles. The molecule has 0 radical (unpaired) electrons. The van der Waals surface area contributed by atoms with Gasteiger partial charge in [-0.05, 0) is 39.2 Å². The first-order valence-electron chi connectivity index (χ1n) is 7.29. The van der Waals surface area contributed by atoms with Gasteiger partial charge in [0.2, 0.25) is 0 Å². The normalized spacial score (nSPS) is 20.3. The molecule has 106 valence electrons. The maximum absolute atomic E-state index is 5.89. The number of rotatable bonds is 5. The van der Waals surface area contributed by atoms with E-state index < -0.39 is 0 Å². The second-order valence-corrected chi connectivity index (χ2v) is 5.21. The van der Waals surface area contributed by atoms with Crippen LogP contribution >= 0.6 is 0 Å². The van der Waals surface area contributed by atoms with Crippen molar-refractivity contribution in [3.63, 3.8) is 0 Å². The average Bonchev–Trinajstić information content (AvgIpc) is 2.60. The summed E-state index contributed by atoms with van der Waals surface area (Å²) in [7, 11) is 0. The molecular formula is C16H25NO2. The Morgan fingerprint density at radius 2 is 2.32 bits per heavy atom. The zero-order chi connectivity index (χ0) is 13.7. The van der Waals surface area contributed by atoms with Gasteiger partial charge < -0.3 is 14.8 Å². The third-order valence-electron chi connectivity index (χ3n) is 3.60. The maximum atomic E-state index is 5.89. The minimum absolute atomic E-state index is 0.252. The van der Waals surface area contributed by atoms with Crippen molar-refractivity contribution >= 4 is 0 Å². The molecule has 3 heteroatoms.